The first-order valence-electron chi connectivity index (χ1n) is 9.04. The Balaban J connectivity index is 2.01. The van der Waals surface area contributed by atoms with Crippen molar-refractivity contribution in [3.8, 4) is 0 Å². The largest absolute Gasteiger partial charge is 0.466 e. The summed E-state index contributed by atoms with van der Waals surface area (Å²) in [4.78, 5) is 38.3. The van der Waals surface area contributed by atoms with Gasteiger partial charge >= 0.3 is 5.97 Å². The Morgan fingerprint density at radius 1 is 1.41 bits per heavy atom. The van der Waals surface area contributed by atoms with E-state index in [1.54, 1.807) is 23.1 Å². The molecule has 27 heavy (non-hydrogen) atoms. The second-order valence-corrected chi connectivity index (χ2v) is 6.79. The van der Waals surface area contributed by atoms with E-state index < -0.39 is 12.0 Å². The minimum atomic E-state index is -0.793. The van der Waals surface area contributed by atoms with Crippen LogP contribution in [0, 0.1) is 6.92 Å². The number of unbranched alkanes of at least 4 members (excludes halogenated alkanes) is 1. The average Bonchev–Trinajstić information content (AvgIpc) is 2.63. The zero-order chi connectivity index (χ0) is 19.8. The third kappa shape index (κ3) is 6.02. The van der Waals surface area contributed by atoms with Crippen LogP contribution in [-0.2, 0) is 14.3 Å². The maximum Gasteiger partial charge on any atom is 0.308 e. The Morgan fingerprint density at radius 2 is 2.19 bits per heavy atom. The molecule has 7 nitrogen and oxygen atoms in total. The summed E-state index contributed by atoms with van der Waals surface area (Å²) < 4.78 is 5.15. The van der Waals surface area contributed by atoms with E-state index in [0.717, 1.165) is 18.4 Å². The van der Waals surface area contributed by atoms with Gasteiger partial charge in [0.15, 0.2) is 5.11 Å². The minimum absolute atomic E-state index is 0.115. The number of esters is 1. The number of aryl methyl sites for hydroxylation is 1. The van der Waals surface area contributed by atoms with Gasteiger partial charge in [-0.3, -0.25) is 19.7 Å². The standard InChI is InChI=1S/C19H25N3O4S/c1-3-4-10-26-16(23)12-15-18(25)20-8-9-22(15)19(27)21-17(24)14-7-5-6-13(2)11-14/h5-7,11,15H,3-4,8-10,12H2,1-2H3,(H,20,25)(H,21,24,27). The number of hydrogen-bond donors (Lipinski definition) is 2. The van der Waals surface area contributed by atoms with Crippen molar-refractivity contribution in [2.75, 3.05) is 19.7 Å². The molecule has 2 amide bonds. The van der Waals surface area contributed by atoms with Crippen LogP contribution in [0.4, 0.5) is 0 Å². The van der Waals surface area contributed by atoms with Gasteiger partial charge in [0.05, 0.1) is 13.0 Å². The topological polar surface area (TPSA) is 87.7 Å². The predicted octanol–water partition coefficient (Wildman–Crippen LogP) is 1.54. The molecule has 1 aromatic carbocycles. The minimum Gasteiger partial charge on any atom is -0.466 e. The summed E-state index contributed by atoms with van der Waals surface area (Å²) in [6.07, 6.45) is 1.58. The van der Waals surface area contributed by atoms with Gasteiger partial charge in [-0.1, -0.05) is 31.0 Å². The Kier molecular flexibility index (Phi) is 7.72. The van der Waals surface area contributed by atoms with E-state index in [4.69, 9.17) is 17.0 Å². The van der Waals surface area contributed by atoms with Gasteiger partial charge in [0.2, 0.25) is 5.91 Å². The van der Waals surface area contributed by atoms with E-state index in [9.17, 15) is 14.4 Å². The second kappa shape index (κ2) is 10.0. The Morgan fingerprint density at radius 3 is 2.89 bits per heavy atom. The zero-order valence-electron chi connectivity index (χ0n) is 15.6. The van der Waals surface area contributed by atoms with Crippen molar-refractivity contribution in [3.63, 3.8) is 0 Å². The number of piperazine rings is 1. The van der Waals surface area contributed by atoms with Gasteiger partial charge in [0.1, 0.15) is 6.04 Å². The fourth-order valence-electron chi connectivity index (χ4n) is 2.74. The van der Waals surface area contributed by atoms with Gasteiger partial charge in [-0.05, 0) is 37.7 Å². The molecule has 1 aromatic rings. The summed E-state index contributed by atoms with van der Waals surface area (Å²) in [6.45, 7) is 5.02. The van der Waals surface area contributed by atoms with Crippen LogP contribution in [0.15, 0.2) is 24.3 Å². The highest BCUT2D eigenvalue weighted by atomic mass is 32.1. The molecule has 0 saturated carbocycles. The molecule has 2 rings (SSSR count). The van der Waals surface area contributed by atoms with Gasteiger partial charge in [-0.25, -0.2) is 0 Å². The summed E-state index contributed by atoms with van der Waals surface area (Å²) in [5.41, 5.74) is 1.44. The molecule has 8 heteroatoms. The average molecular weight is 391 g/mol. The molecule has 146 valence electrons. The van der Waals surface area contributed by atoms with Crippen LogP contribution in [0.2, 0.25) is 0 Å². The van der Waals surface area contributed by atoms with Crippen LogP contribution >= 0.6 is 12.2 Å². The maximum atomic E-state index is 12.4. The number of ether oxygens (including phenoxy) is 1. The van der Waals surface area contributed by atoms with Crippen LogP contribution < -0.4 is 10.6 Å². The quantitative estimate of drug-likeness (QED) is 0.435. The van der Waals surface area contributed by atoms with E-state index >= 15 is 0 Å². The summed E-state index contributed by atoms with van der Waals surface area (Å²) in [5.74, 6) is -1.11. The van der Waals surface area contributed by atoms with Crippen molar-refractivity contribution in [2.45, 2.75) is 39.2 Å². The molecule has 1 heterocycles. The SMILES string of the molecule is CCCCOC(=O)CC1C(=O)NCCN1C(=S)NC(=O)c1cccc(C)c1. The van der Waals surface area contributed by atoms with Crippen LogP contribution in [-0.4, -0.2) is 53.5 Å². The number of hydrogen-bond acceptors (Lipinski definition) is 5. The lowest BCUT2D eigenvalue weighted by molar-refractivity contribution is -0.147. The Bertz CT molecular complexity index is 723. The van der Waals surface area contributed by atoms with E-state index in [0.29, 0.717) is 25.3 Å². The predicted molar refractivity (Wildman–Crippen MR) is 105 cm³/mol. The molecule has 0 radical (unpaired) electrons. The highest BCUT2D eigenvalue weighted by Gasteiger charge is 2.34. The van der Waals surface area contributed by atoms with Gasteiger partial charge < -0.3 is 15.0 Å². The monoisotopic (exact) mass is 391 g/mol. The van der Waals surface area contributed by atoms with Crippen molar-refractivity contribution in [1.82, 2.24) is 15.5 Å². The van der Waals surface area contributed by atoms with Crippen molar-refractivity contribution < 1.29 is 19.1 Å². The Hall–Kier alpha value is -2.48. The van der Waals surface area contributed by atoms with E-state index in [2.05, 4.69) is 10.6 Å². The number of thiocarbonyl (C=S) groups is 1. The summed E-state index contributed by atoms with van der Waals surface area (Å²) in [5, 5.41) is 5.50. The number of carbonyl (C=O) groups is 3. The lowest BCUT2D eigenvalue weighted by Gasteiger charge is -2.36. The van der Waals surface area contributed by atoms with Crippen LogP contribution in [0.3, 0.4) is 0 Å². The number of carbonyl (C=O) groups excluding carboxylic acids is 3. The number of rotatable bonds is 6. The molecular weight excluding hydrogens is 366 g/mol. The summed E-state index contributed by atoms with van der Waals surface area (Å²) >= 11 is 5.33. The number of benzene rings is 1. The van der Waals surface area contributed by atoms with E-state index in [1.807, 2.05) is 19.9 Å². The molecule has 1 atom stereocenters. The van der Waals surface area contributed by atoms with Gasteiger partial charge in [-0.15, -0.1) is 0 Å². The molecule has 0 spiro atoms. The highest BCUT2D eigenvalue weighted by molar-refractivity contribution is 7.80. The van der Waals surface area contributed by atoms with E-state index in [1.165, 1.54) is 0 Å². The summed E-state index contributed by atoms with van der Waals surface area (Å²) in [6, 6.07) is 6.33. The van der Waals surface area contributed by atoms with Crippen molar-refractivity contribution in [2.24, 2.45) is 0 Å². The molecule has 1 saturated heterocycles. The highest BCUT2D eigenvalue weighted by Crippen LogP contribution is 2.12. The second-order valence-electron chi connectivity index (χ2n) is 6.41. The number of nitrogens with one attached hydrogen (secondary N) is 2. The fourth-order valence-corrected chi connectivity index (χ4v) is 3.05. The molecule has 1 unspecified atom stereocenters. The zero-order valence-corrected chi connectivity index (χ0v) is 16.4. The molecule has 0 aromatic heterocycles. The fraction of sp³-hybridized carbons (Fsp3) is 0.474. The maximum absolute atomic E-state index is 12.4. The third-order valence-corrected chi connectivity index (χ3v) is 4.55. The molecule has 0 bridgehead atoms. The first kappa shape index (κ1) is 20.8. The van der Waals surface area contributed by atoms with Crippen molar-refractivity contribution >= 4 is 35.1 Å². The first-order valence-corrected chi connectivity index (χ1v) is 9.45. The molecular formula is C19H25N3O4S. The van der Waals surface area contributed by atoms with Crippen LogP contribution in [0.5, 0.6) is 0 Å². The van der Waals surface area contributed by atoms with Crippen molar-refractivity contribution in [1.29, 1.82) is 0 Å². The van der Waals surface area contributed by atoms with Crippen LogP contribution in [0.25, 0.3) is 0 Å². The summed E-state index contributed by atoms with van der Waals surface area (Å²) in [7, 11) is 0. The van der Waals surface area contributed by atoms with Gasteiger partial charge in [0, 0.05) is 18.7 Å². The first-order chi connectivity index (χ1) is 12.9. The smallest absolute Gasteiger partial charge is 0.308 e. The number of nitrogens with zero attached hydrogens (tertiary/aromatic N) is 1. The Labute approximate surface area is 164 Å². The lowest BCUT2D eigenvalue weighted by atomic mass is 10.1. The molecule has 0 aliphatic carbocycles. The van der Waals surface area contributed by atoms with Crippen molar-refractivity contribution in [3.05, 3.63) is 35.4 Å². The van der Waals surface area contributed by atoms with Crippen LogP contribution in [0.1, 0.15) is 42.1 Å². The molecule has 1 fully saturated rings. The van der Waals surface area contributed by atoms with E-state index in [-0.39, 0.29) is 23.3 Å². The molecule has 1 aliphatic rings. The lowest BCUT2D eigenvalue weighted by Crippen LogP contribution is -2.60. The number of amides is 2. The van der Waals surface area contributed by atoms with Gasteiger partial charge in [0.25, 0.3) is 5.91 Å². The van der Waals surface area contributed by atoms with Gasteiger partial charge in [-0.2, -0.15) is 0 Å². The third-order valence-electron chi connectivity index (χ3n) is 4.21. The molecule has 1 aliphatic heterocycles. The molecule has 2 N–H and O–H groups in total. The normalized spacial score (nSPS) is 16.4.